The molecule has 4 nitrogen and oxygen atoms in total. The van der Waals surface area contributed by atoms with E-state index in [1.165, 1.54) is 0 Å². The van der Waals surface area contributed by atoms with Crippen LogP contribution >= 0.6 is 11.6 Å². The number of halogens is 1. The predicted molar refractivity (Wildman–Crippen MR) is 79.7 cm³/mol. The van der Waals surface area contributed by atoms with Crippen LogP contribution in [0.3, 0.4) is 0 Å². The van der Waals surface area contributed by atoms with Gasteiger partial charge in [0.2, 0.25) is 0 Å². The van der Waals surface area contributed by atoms with Crippen LogP contribution in [0, 0.1) is 0 Å². The number of hydrogen-bond donors (Lipinski definition) is 2. The molecule has 2 rings (SSSR count). The second-order valence-electron chi connectivity index (χ2n) is 4.86. The first-order valence-corrected chi connectivity index (χ1v) is 7.19. The van der Waals surface area contributed by atoms with E-state index >= 15 is 0 Å². The molecule has 1 fully saturated rings. The highest BCUT2D eigenvalue weighted by atomic mass is 35.5. The molecule has 0 amide bonds. The van der Waals surface area contributed by atoms with Crippen LogP contribution in [0.25, 0.3) is 0 Å². The van der Waals surface area contributed by atoms with Crippen LogP contribution < -0.4 is 10.6 Å². The number of β-amino-alcohol motifs (C(OH)–C–C–N with tert-alkyl or cyclic N) is 1. The van der Waals surface area contributed by atoms with Gasteiger partial charge in [-0.1, -0.05) is 23.7 Å². The van der Waals surface area contributed by atoms with Crippen LogP contribution in [-0.2, 0) is 6.54 Å². The molecule has 1 aromatic carbocycles. The first kappa shape index (κ1) is 14.6. The maximum atomic E-state index is 9.03. The summed E-state index contributed by atoms with van der Waals surface area (Å²) in [6, 6.07) is 5.91. The minimum Gasteiger partial charge on any atom is -0.395 e. The van der Waals surface area contributed by atoms with Crippen LogP contribution in [0.15, 0.2) is 18.2 Å². The van der Waals surface area contributed by atoms with Gasteiger partial charge in [0.15, 0.2) is 0 Å². The van der Waals surface area contributed by atoms with Crippen molar-refractivity contribution < 1.29 is 5.11 Å². The Kier molecular flexibility index (Phi) is 5.45. The van der Waals surface area contributed by atoms with Gasteiger partial charge >= 0.3 is 0 Å². The lowest BCUT2D eigenvalue weighted by atomic mass is 10.1. The maximum Gasteiger partial charge on any atom is 0.0642 e. The number of aliphatic hydroxyl groups is 1. The largest absolute Gasteiger partial charge is 0.395 e. The molecule has 0 unspecified atom stereocenters. The number of para-hydroxylation sites is 1. The fourth-order valence-corrected chi connectivity index (χ4v) is 2.95. The third kappa shape index (κ3) is 3.60. The van der Waals surface area contributed by atoms with Crippen molar-refractivity contribution in [2.24, 2.45) is 5.73 Å². The van der Waals surface area contributed by atoms with Gasteiger partial charge < -0.3 is 15.7 Å². The summed E-state index contributed by atoms with van der Waals surface area (Å²) in [6.45, 7) is 5.37. The Hall–Kier alpha value is -0.810. The van der Waals surface area contributed by atoms with Gasteiger partial charge in [-0.2, -0.15) is 0 Å². The molecule has 1 saturated heterocycles. The average Bonchev–Trinajstić information content (AvgIpc) is 2.64. The van der Waals surface area contributed by atoms with Crippen LogP contribution in [0.4, 0.5) is 5.69 Å². The quantitative estimate of drug-likeness (QED) is 0.875. The second kappa shape index (κ2) is 7.10. The summed E-state index contributed by atoms with van der Waals surface area (Å²) in [7, 11) is 0. The van der Waals surface area contributed by atoms with Gasteiger partial charge in [0.25, 0.3) is 0 Å². The van der Waals surface area contributed by atoms with Gasteiger partial charge in [-0.05, 0) is 24.6 Å². The third-order valence-electron chi connectivity index (χ3n) is 3.61. The maximum absolute atomic E-state index is 9.03. The summed E-state index contributed by atoms with van der Waals surface area (Å²) in [5.74, 6) is 0. The summed E-state index contributed by atoms with van der Waals surface area (Å²) >= 11 is 6.34. The molecule has 0 spiro atoms. The Morgan fingerprint density at radius 1 is 1.21 bits per heavy atom. The summed E-state index contributed by atoms with van der Waals surface area (Å²) in [6.07, 6.45) is 1.08. The van der Waals surface area contributed by atoms with Crippen molar-refractivity contribution in [2.75, 3.05) is 44.2 Å². The minimum atomic E-state index is 0.222. The van der Waals surface area contributed by atoms with E-state index in [1.807, 2.05) is 18.2 Å². The van der Waals surface area contributed by atoms with Crippen LogP contribution in [-0.4, -0.2) is 49.3 Å². The number of rotatable bonds is 4. The fraction of sp³-hybridized carbons (Fsp3) is 0.571. The lowest BCUT2D eigenvalue weighted by molar-refractivity contribution is 0.204. The van der Waals surface area contributed by atoms with Crippen LogP contribution in [0.1, 0.15) is 12.0 Å². The standard InChI is InChI=1S/C14H22ClN3O/c15-13-4-1-3-12(11-16)14(13)18-6-2-5-17(7-8-18)9-10-19/h1,3-4,19H,2,5-11,16H2. The van der Waals surface area contributed by atoms with Crippen molar-refractivity contribution in [1.29, 1.82) is 0 Å². The molecule has 0 bridgehead atoms. The normalized spacial score (nSPS) is 17.5. The zero-order chi connectivity index (χ0) is 13.7. The molecule has 106 valence electrons. The molecular weight excluding hydrogens is 262 g/mol. The predicted octanol–water partition coefficient (Wildman–Crippen LogP) is 1.30. The van der Waals surface area contributed by atoms with Crippen molar-refractivity contribution in [2.45, 2.75) is 13.0 Å². The van der Waals surface area contributed by atoms with Crippen molar-refractivity contribution in [3.63, 3.8) is 0 Å². The minimum absolute atomic E-state index is 0.222. The summed E-state index contributed by atoms with van der Waals surface area (Å²) in [5, 5.41) is 9.80. The monoisotopic (exact) mass is 283 g/mol. The molecule has 19 heavy (non-hydrogen) atoms. The van der Waals surface area contributed by atoms with E-state index in [1.54, 1.807) is 0 Å². The summed E-state index contributed by atoms with van der Waals surface area (Å²) in [5.41, 5.74) is 7.99. The Balaban J connectivity index is 2.14. The SMILES string of the molecule is NCc1cccc(Cl)c1N1CCCN(CCO)CC1. The van der Waals surface area contributed by atoms with Gasteiger partial charge in [0.05, 0.1) is 17.3 Å². The zero-order valence-electron chi connectivity index (χ0n) is 11.2. The molecule has 1 aromatic rings. The third-order valence-corrected chi connectivity index (χ3v) is 3.92. The van der Waals surface area contributed by atoms with Crippen molar-refractivity contribution in [3.05, 3.63) is 28.8 Å². The van der Waals surface area contributed by atoms with Gasteiger partial charge in [0, 0.05) is 32.7 Å². The molecule has 0 radical (unpaired) electrons. The molecule has 1 aliphatic heterocycles. The molecule has 0 atom stereocenters. The van der Waals surface area contributed by atoms with Gasteiger partial charge in [0.1, 0.15) is 0 Å². The van der Waals surface area contributed by atoms with E-state index in [9.17, 15) is 0 Å². The Bertz CT molecular complexity index is 414. The van der Waals surface area contributed by atoms with Gasteiger partial charge in [-0.3, -0.25) is 4.90 Å². The van der Waals surface area contributed by atoms with Crippen molar-refractivity contribution in [1.82, 2.24) is 4.90 Å². The zero-order valence-corrected chi connectivity index (χ0v) is 11.9. The van der Waals surface area contributed by atoms with Gasteiger partial charge in [-0.15, -0.1) is 0 Å². The Morgan fingerprint density at radius 3 is 2.79 bits per heavy atom. The molecule has 1 aliphatic rings. The van der Waals surface area contributed by atoms with E-state index < -0.39 is 0 Å². The molecule has 0 aromatic heterocycles. The number of nitrogens with zero attached hydrogens (tertiary/aromatic N) is 2. The first-order valence-electron chi connectivity index (χ1n) is 6.82. The van der Waals surface area contributed by atoms with E-state index in [0.29, 0.717) is 6.54 Å². The Morgan fingerprint density at radius 2 is 2.05 bits per heavy atom. The lowest BCUT2D eigenvalue weighted by Gasteiger charge is -2.26. The number of aliphatic hydroxyl groups excluding tert-OH is 1. The highest BCUT2D eigenvalue weighted by molar-refractivity contribution is 6.33. The number of benzene rings is 1. The summed E-state index contributed by atoms with van der Waals surface area (Å²) in [4.78, 5) is 4.61. The van der Waals surface area contributed by atoms with Crippen LogP contribution in [0.2, 0.25) is 5.02 Å². The summed E-state index contributed by atoms with van der Waals surface area (Å²) < 4.78 is 0. The highest BCUT2D eigenvalue weighted by Gasteiger charge is 2.18. The number of anilines is 1. The fourth-order valence-electron chi connectivity index (χ4n) is 2.64. The topological polar surface area (TPSA) is 52.7 Å². The van der Waals surface area contributed by atoms with Crippen molar-refractivity contribution in [3.8, 4) is 0 Å². The highest BCUT2D eigenvalue weighted by Crippen LogP contribution is 2.30. The lowest BCUT2D eigenvalue weighted by Crippen LogP contribution is -2.33. The van der Waals surface area contributed by atoms with Crippen LogP contribution in [0.5, 0.6) is 0 Å². The smallest absolute Gasteiger partial charge is 0.0642 e. The van der Waals surface area contributed by atoms with E-state index in [4.69, 9.17) is 22.4 Å². The van der Waals surface area contributed by atoms with E-state index in [-0.39, 0.29) is 6.61 Å². The molecule has 1 heterocycles. The first-order chi connectivity index (χ1) is 9.26. The molecule has 0 saturated carbocycles. The Labute approximate surface area is 119 Å². The molecular formula is C14H22ClN3O. The number of nitrogens with two attached hydrogens (primary N) is 1. The molecule has 0 aliphatic carbocycles. The van der Waals surface area contributed by atoms with Gasteiger partial charge in [-0.25, -0.2) is 0 Å². The van der Waals surface area contributed by atoms with Crippen molar-refractivity contribution >= 4 is 17.3 Å². The van der Waals surface area contributed by atoms with E-state index in [0.717, 1.165) is 55.4 Å². The average molecular weight is 284 g/mol. The molecule has 3 N–H and O–H groups in total. The second-order valence-corrected chi connectivity index (χ2v) is 5.26. The van der Waals surface area contributed by atoms with E-state index in [2.05, 4.69) is 9.80 Å². The molecule has 5 heteroatoms. The number of hydrogen-bond acceptors (Lipinski definition) is 4.